The molecule has 1 amide bonds. The molecular weight excluding hydrogens is 534 g/mol. The van der Waals surface area contributed by atoms with Crippen LogP contribution in [0.25, 0.3) is 6.08 Å². The number of ether oxygens (including phenoxy) is 2. The summed E-state index contributed by atoms with van der Waals surface area (Å²) in [6, 6.07) is 19.2. The van der Waals surface area contributed by atoms with Crippen molar-refractivity contribution in [2.75, 3.05) is 11.9 Å². The van der Waals surface area contributed by atoms with Gasteiger partial charge >= 0.3 is 0 Å². The van der Waals surface area contributed by atoms with E-state index in [2.05, 4.69) is 27.9 Å². The van der Waals surface area contributed by atoms with Crippen molar-refractivity contribution in [1.82, 2.24) is 0 Å². The van der Waals surface area contributed by atoms with E-state index in [0.29, 0.717) is 38.5 Å². The van der Waals surface area contributed by atoms with Crippen molar-refractivity contribution < 1.29 is 18.7 Å². The first-order valence-electron chi connectivity index (χ1n) is 10.2. The van der Waals surface area contributed by atoms with Crippen LogP contribution in [-0.2, 0) is 11.4 Å². The minimum atomic E-state index is -0.500. The Kier molecular flexibility index (Phi) is 8.44. The highest BCUT2D eigenvalue weighted by Crippen LogP contribution is 2.35. The van der Waals surface area contributed by atoms with Crippen LogP contribution < -0.4 is 14.8 Å². The van der Waals surface area contributed by atoms with Crippen molar-refractivity contribution in [3.63, 3.8) is 0 Å². The maximum absolute atomic E-state index is 14.0. The Labute approximate surface area is 206 Å². The smallest absolute Gasteiger partial charge is 0.266 e. The van der Waals surface area contributed by atoms with Crippen molar-refractivity contribution in [3.8, 4) is 17.6 Å². The molecule has 0 saturated heterocycles. The zero-order chi connectivity index (χ0) is 23.8. The van der Waals surface area contributed by atoms with Crippen molar-refractivity contribution in [1.29, 1.82) is 5.26 Å². The molecule has 1 N–H and O–H groups in total. The highest BCUT2D eigenvalue weighted by Gasteiger charge is 2.15. The van der Waals surface area contributed by atoms with E-state index in [1.165, 1.54) is 12.1 Å². The largest absolute Gasteiger partial charge is 0.490 e. The Morgan fingerprint density at radius 3 is 2.58 bits per heavy atom. The molecule has 0 aromatic heterocycles. The molecule has 0 radical (unpaired) electrons. The van der Waals surface area contributed by atoms with Gasteiger partial charge in [-0.05, 0) is 77.9 Å². The van der Waals surface area contributed by atoms with E-state index in [-0.39, 0.29) is 18.0 Å². The standard InChI is InChI=1S/C26H22FIN2O3/c1-3-32-24-14-18(12-20(15-29)26(31)30-23-11-7-4-8-17(23)2)13-22(28)25(24)33-16-19-9-5-6-10-21(19)27/h4-14H,3,16H2,1-2H3,(H,30,31)/b20-12+. The van der Waals surface area contributed by atoms with Gasteiger partial charge in [0.25, 0.3) is 5.91 Å². The Morgan fingerprint density at radius 2 is 1.88 bits per heavy atom. The molecule has 0 heterocycles. The topological polar surface area (TPSA) is 71.3 Å². The molecule has 0 saturated carbocycles. The number of hydrogen-bond donors (Lipinski definition) is 1. The van der Waals surface area contributed by atoms with Crippen LogP contribution in [0.15, 0.2) is 66.2 Å². The molecule has 7 heteroatoms. The van der Waals surface area contributed by atoms with E-state index in [1.54, 1.807) is 36.4 Å². The van der Waals surface area contributed by atoms with Gasteiger partial charge in [0, 0.05) is 11.3 Å². The Balaban J connectivity index is 1.87. The fourth-order valence-corrected chi connectivity index (χ4v) is 3.84. The van der Waals surface area contributed by atoms with Gasteiger partial charge in [0.2, 0.25) is 0 Å². The summed E-state index contributed by atoms with van der Waals surface area (Å²) in [6.07, 6.45) is 1.50. The predicted octanol–water partition coefficient (Wildman–Crippen LogP) is 6.26. The Hall–Kier alpha value is -3.38. The first-order chi connectivity index (χ1) is 15.9. The third kappa shape index (κ3) is 6.33. The number of carbonyl (C=O) groups is 1. The number of carbonyl (C=O) groups excluding carboxylic acids is 1. The van der Waals surface area contributed by atoms with Crippen LogP contribution in [0.1, 0.15) is 23.6 Å². The van der Waals surface area contributed by atoms with Gasteiger partial charge in [-0.3, -0.25) is 4.79 Å². The summed E-state index contributed by atoms with van der Waals surface area (Å²) in [4.78, 5) is 12.7. The molecule has 168 valence electrons. The zero-order valence-electron chi connectivity index (χ0n) is 18.2. The summed E-state index contributed by atoms with van der Waals surface area (Å²) < 4.78 is 26.3. The second-order valence-corrected chi connectivity index (χ2v) is 8.24. The number of hydrogen-bond acceptors (Lipinski definition) is 4. The number of para-hydroxylation sites is 1. The molecule has 0 aliphatic carbocycles. The van der Waals surface area contributed by atoms with Crippen molar-refractivity contribution in [2.24, 2.45) is 0 Å². The minimum absolute atomic E-state index is 0.0419. The minimum Gasteiger partial charge on any atom is -0.490 e. The number of anilines is 1. The number of amides is 1. The molecule has 0 aliphatic rings. The van der Waals surface area contributed by atoms with Crippen molar-refractivity contribution in [2.45, 2.75) is 20.5 Å². The molecule has 0 spiro atoms. The predicted molar refractivity (Wildman–Crippen MR) is 134 cm³/mol. The van der Waals surface area contributed by atoms with Crippen LogP contribution in [0, 0.1) is 27.6 Å². The first-order valence-corrected chi connectivity index (χ1v) is 11.3. The molecule has 3 aromatic rings. The third-order valence-electron chi connectivity index (χ3n) is 4.73. The summed E-state index contributed by atoms with van der Waals surface area (Å²) in [5.74, 6) is 0.0762. The molecule has 33 heavy (non-hydrogen) atoms. The van der Waals surface area contributed by atoms with Gasteiger partial charge in [0.05, 0.1) is 10.2 Å². The fourth-order valence-electron chi connectivity index (χ4n) is 3.06. The number of nitriles is 1. The highest BCUT2D eigenvalue weighted by atomic mass is 127. The monoisotopic (exact) mass is 556 g/mol. The van der Waals surface area contributed by atoms with Crippen LogP contribution in [0.2, 0.25) is 0 Å². The average molecular weight is 556 g/mol. The maximum Gasteiger partial charge on any atom is 0.266 e. The number of nitrogens with one attached hydrogen (secondary N) is 1. The summed E-state index contributed by atoms with van der Waals surface area (Å²) in [5.41, 5.74) is 2.53. The van der Waals surface area contributed by atoms with E-state index < -0.39 is 5.91 Å². The SMILES string of the molecule is CCOc1cc(/C=C(\C#N)C(=O)Nc2ccccc2C)cc(I)c1OCc1ccccc1F. The zero-order valence-corrected chi connectivity index (χ0v) is 20.4. The van der Waals surface area contributed by atoms with Crippen LogP contribution in [-0.4, -0.2) is 12.5 Å². The number of aryl methyl sites for hydroxylation is 1. The maximum atomic E-state index is 14.0. The molecule has 3 rings (SSSR count). The third-order valence-corrected chi connectivity index (χ3v) is 5.53. The first kappa shape index (κ1) is 24.3. The molecular formula is C26H22FIN2O3. The lowest BCUT2D eigenvalue weighted by molar-refractivity contribution is -0.112. The second-order valence-electron chi connectivity index (χ2n) is 7.08. The van der Waals surface area contributed by atoms with E-state index in [0.717, 1.165) is 5.56 Å². The van der Waals surface area contributed by atoms with Crippen LogP contribution in [0.4, 0.5) is 10.1 Å². The molecule has 3 aromatic carbocycles. The summed E-state index contributed by atoms with van der Waals surface area (Å²) in [6.45, 7) is 4.15. The fraction of sp³-hybridized carbons (Fsp3) is 0.154. The number of benzene rings is 3. The number of halogens is 2. The normalized spacial score (nSPS) is 10.9. The molecule has 5 nitrogen and oxygen atoms in total. The average Bonchev–Trinajstić information content (AvgIpc) is 2.79. The van der Waals surface area contributed by atoms with Gasteiger partial charge in [-0.25, -0.2) is 4.39 Å². The molecule has 0 bridgehead atoms. The molecule has 0 unspecified atom stereocenters. The van der Waals surface area contributed by atoms with Gasteiger partial charge in [-0.2, -0.15) is 5.26 Å². The van der Waals surface area contributed by atoms with Crippen molar-refractivity contribution in [3.05, 3.63) is 92.3 Å². The van der Waals surface area contributed by atoms with Gasteiger partial charge in [-0.15, -0.1) is 0 Å². The summed E-state index contributed by atoms with van der Waals surface area (Å²) in [5, 5.41) is 12.3. The van der Waals surface area contributed by atoms with Crippen LogP contribution in [0.5, 0.6) is 11.5 Å². The molecule has 0 fully saturated rings. The van der Waals surface area contributed by atoms with Gasteiger partial charge < -0.3 is 14.8 Å². The lowest BCUT2D eigenvalue weighted by Crippen LogP contribution is -2.14. The van der Waals surface area contributed by atoms with E-state index in [9.17, 15) is 14.4 Å². The Morgan fingerprint density at radius 1 is 1.15 bits per heavy atom. The molecule has 0 atom stereocenters. The highest BCUT2D eigenvalue weighted by molar-refractivity contribution is 14.1. The lowest BCUT2D eigenvalue weighted by atomic mass is 10.1. The van der Waals surface area contributed by atoms with Crippen LogP contribution in [0.3, 0.4) is 0 Å². The van der Waals surface area contributed by atoms with E-state index in [1.807, 2.05) is 38.1 Å². The van der Waals surface area contributed by atoms with E-state index in [4.69, 9.17) is 9.47 Å². The van der Waals surface area contributed by atoms with E-state index >= 15 is 0 Å². The summed E-state index contributed by atoms with van der Waals surface area (Å²) in [7, 11) is 0. The van der Waals surface area contributed by atoms with Crippen molar-refractivity contribution >= 4 is 40.3 Å². The second kappa shape index (κ2) is 11.5. The summed E-state index contributed by atoms with van der Waals surface area (Å²) >= 11 is 2.09. The number of nitrogens with zero attached hydrogens (tertiary/aromatic N) is 1. The van der Waals surface area contributed by atoms with Gasteiger partial charge in [0.15, 0.2) is 11.5 Å². The molecule has 0 aliphatic heterocycles. The lowest BCUT2D eigenvalue weighted by Gasteiger charge is -2.15. The Bertz CT molecular complexity index is 1230. The van der Waals surface area contributed by atoms with Gasteiger partial charge in [0.1, 0.15) is 24.1 Å². The quantitative estimate of drug-likeness (QED) is 0.202. The number of rotatable bonds is 8. The van der Waals surface area contributed by atoms with Crippen LogP contribution >= 0.6 is 22.6 Å². The van der Waals surface area contributed by atoms with Gasteiger partial charge in [-0.1, -0.05) is 36.4 Å².